The summed E-state index contributed by atoms with van der Waals surface area (Å²) in [7, 11) is 0. The third-order valence-corrected chi connectivity index (χ3v) is 12.6. The lowest BCUT2D eigenvalue weighted by molar-refractivity contribution is 0.482. The van der Waals surface area contributed by atoms with Gasteiger partial charge in [-0.3, -0.25) is 0 Å². The molecule has 2 aliphatic carbocycles. The molecule has 10 aromatic rings. The van der Waals surface area contributed by atoms with Crippen molar-refractivity contribution in [2.24, 2.45) is 11.8 Å². The molecular weight excluding hydrogens is 743 g/mol. The molecule has 0 spiro atoms. The number of hydrogen-bond acceptors (Lipinski definition) is 4. The number of furan rings is 1. The van der Waals surface area contributed by atoms with Crippen molar-refractivity contribution in [2.45, 2.75) is 12.8 Å². The fourth-order valence-corrected chi connectivity index (χ4v) is 9.61. The molecule has 0 amide bonds. The highest BCUT2D eigenvalue weighted by atomic mass is 16.3. The van der Waals surface area contributed by atoms with Crippen molar-refractivity contribution in [1.29, 1.82) is 0 Å². The van der Waals surface area contributed by atoms with Gasteiger partial charge in [0, 0.05) is 21.9 Å². The molecule has 8 aromatic carbocycles. The highest BCUT2D eigenvalue weighted by Crippen LogP contribution is 2.43. The Balaban J connectivity index is 1.07. The van der Waals surface area contributed by atoms with Gasteiger partial charge in [-0.25, -0.2) is 15.0 Å². The number of aromatic nitrogens is 3. The molecule has 0 aliphatic heterocycles. The molecule has 61 heavy (non-hydrogen) atoms. The van der Waals surface area contributed by atoms with E-state index in [1.165, 1.54) is 32.3 Å². The van der Waals surface area contributed by atoms with E-state index in [1.807, 2.05) is 12.1 Å². The number of rotatable bonds is 6. The van der Waals surface area contributed by atoms with Crippen LogP contribution in [0.3, 0.4) is 0 Å². The highest BCUT2D eigenvalue weighted by molar-refractivity contribution is 6.26. The van der Waals surface area contributed by atoms with Crippen LogP contribution in [0.1, 0.15) is 18.7 Å². The molecule has 2 heterocycles. The van der Waals surface area contributed by atoms with E-state index in [2.05, 4.69) is 188 Å². The van der Waals surface area contributed by atoms with Crippen LogP contribution in [0.15, 0.2) is 205 Å². The van der Waals surface area contributed by atoms with Gasteiger partial charge in [-0.05, 0) is 115 Å². The maximum atomic E-state index is 6.70. The van der Waals surface area contributed by atoms with E-state index in [9.17, 15) is 0 Å². The maximum absolute atomic E-state index is 6.70. The number of hydrogen-bond donors (Lipinski definition) is 0. The zero-order chi connectivity index (χ0) is 40.3. The van der Waals surface area contributed by atoms with Crippen LogP contribution in [-0.2, 0) is 0 Å². The van der Waals surface area contributed by atoms with Gasteiger partial charge in [0.2, 0.25) is 0 Å². The number of benzene rings is 8. The van der Waals surface area contributed by atoms with Crippen LogP contribution in [0.4, 0.5) is 0 Å². The number of nitrogens with zero attached hydrogens (tertiary/aromatic N) is 3. The quantitative estimate of drug-likeness (QED) is 0.158. The fourth-order valence-electron chi connectivity index (χ4n) is 9.61. The van der Waals surface area contributed by atoms with Gasteiger partial charge in [0.1, 0.15) is 11.2 Å². The summed E-state index contributed by atoms with van der Waals surface area (Å²) in [6, 6.07) is 56.1. The normalized spacial score (nSPS) is 16.3. The van der Waals surface area contributed by atoms with E-state index in [1.54, 1.807) is 0 Å². The molecule has 4 heteroatoms. The van der Waals surface area contributed by atoms with Gasteiger partial charge in [-0.15, -0.1) is 0 Å². The Morgan fingerprint density at radius 2 is 1.05 bits per heavy atom. The smallest absolute Gasteiger partial charge is 0.164 e. The molecule has 0 fully saturated rings. The Hall–Kier alpha value is -7.69. The third kappa shape index (κ3) is 6.19. The third-order valence-electron chi connectivity index (χ3n) is 12.6. The molecule has 12 rings (SSSR count). The second-order valence-corrected chi connectivity index (χ2v) is 16.3. The van der Waals surface area contributed by atoms with Gasteiger partial charge >= 0.3 is 0 Å². The first kappa shape index (κ1) is 35.3. The van der Waals surface area contributed by atoms with Gasteiger partial charge < -0.3 is 4.42 Å². The molecular formula is C57H39N3O. The second-order valence-electron chi connectivity index (χ2n) is 16.3. The van der Waals surface area contributed by atoms with Gasteiger partial charge in [0.25, 0.3) is 0 Å². The molecule has 4 nitrogen and oxygen atoms in total. The number of allylic oxidation sites excluding steroid dienone is 8. The molecule has 2 unspecified atom stereocenters. The first-order valence-corrected chi connectivity index (χ1v) is 21.1. The second kappa shape index (κ2) is 14.5. The summed E-state index contributed by atoms with van der Waals surface area (Å²) in [4.78, 5) is 15.9. The molecule has 288 valence electrons. The topological polar surface area (TPSA) is 51.8 Å². The van der Waals surface area contributed by atoms with Crippen molar-refractivity contribution >= 4 is 59.8 Å². The predicted octanol–water partition coefficient (Wildman–Crippen LogP) is 15.0. The molecule has 0 radical (unpaired) electrons. The van der Waals surface area contributed by atoms with Crippen LogP contribution in [0.5, 0.6) is 0 Å². The summed E-state index contributed by atoms with van der Waals surface area (Å²) in [5.41, 5.74) is 9.00. The Labute approximate surface area is 353 Å². The molecule has 2 atom stereocenters. The maximum Gasteiger partial charge on any atom is 0.164 e. The molecule has 2 aromatic heterocycles. The molecule has 0 saturated heterocycles. The van der Waals surface area contributed by atoms with Gasteiger partial charge in [-0.2, -0.15) is 0 Å². The van der Waals surface area contributed by atoms with E-state index in [-0.39, 0.29) is 0 Å². The lowest BCUT2D eigenvalue weighted by Gasteiger charge is -2.25. The molecule has 0 N–H and O–H groups in total. The Morgan fingerprint density at radius 1 is 0.410 bits per heavy atom. The Morgan fingerprint density at radius 3 is 1.82 bits per heavy atom. The average molecular weight is 782 g/mol. The zero-order valence-corrected chi connectivity index (χ0v) is 33.4. The Bertz CT molecular complexity index is 3460. The number of fused-ring (bicyclic) bond motifs is 9. The minimum atomic E-state index is 0.353. The van der Waals surface area contributed by atoms with E-state index in [0.29, 0.717) is 29.3 Å². The van der Waals surface area contributed by atoms with Gasteiger partial charge in [0.05, 0.1) is 0 Å². The summed E-state index contributed by atoms with van der Waals surface area (Å²) in [5, 5.41) is 9.61. The van der Waals surface area contributed by atoms with Crippen LogP contribution in [-0.4, -0.2) is 15.0 Å². The fraction of sp³-hybridized carbons (Fsp3) is 0.0702. The van der Waals surface area contributed by atoms with Crippen molar-refractivity contribution in [3.8, 4) is 45.0 Å². The largest absolute Gasteiger partial charge is 0.456 e. The van der Waals surface area contributed by atoms with Crippen LogP contribution in [0, 0.1) is 11.8 Å². The van der Waals surface area contributed by atoms with E-state index >= 15 is 0 Å². The predicted molar refractivity (Wildman–Crippen MR) is 253 cm³/mol. The van der Waals surface area contributed by atoms with Crippen LogP contribution in [0.2, 0.25) is 0 Å². The highest BCUT2D eigenvalue weighted by Gasteiger charge is 2.24. The molecule has 0 saturated carbocycles. The van der Waals surface area contributed by atoms with Crippen LogP contribution < -0.4 is 0 Å². The van der Waals surface area contributed by atoms with E-state index < -0.39 is 0 Å². The lowest BCUT2D eigenvalue weighted by atomic mass is 9.80. The standard InChI is InChI=1S/C57H39N3O/c1-3-15-36(16-4-1)38-19-13-21-41(31-38)55-58-56(42-22-14-20-39(32-42)37-17-5-2-6-18-37)60-57(59-55)43-34-50(54-49-27-11-12-28-52(49)61-53(54)35-43)40-29-30-48-46-25-8-7-23-44(46)45-24-9-10-26-47(45)51(48)33-40/h1-17,19-31,33-35,37,39H,18,32H2. The average Bonchev–Trinajstić information content (AvgIpc) is 3.73. The summed E-state index contributed by atoms with van der Waals surface area (Å²) < 4.78 is 6.70. The summed E-state index contributed by atoms with van der Waals surface area (Å²) >= 11 is 0. The lowest BCUT2D eigenvalue weighted by Crippen LogP contribution is -2.15. The summed E-state index contributed by atoms with van der Waals surface area (Å²) in [5.74, 6) is 2.73. The first-order valence-electron chi connectivity index (χ1n) is 21.1. The van der Waals surface area contributed by atoms with Crippen molar-refractivity contribution in [1.82, 2.24) is 15.0 Å². The Kier molecular flexibility index (Phi) is 8.41. The number of para-hydroxylation sites is 1. The van der Waals surface area contributed by atoms with Crippen molar-refractivity contribution in [3.05, 3.63) is 206 Å². The van der Waals surface area contributed by atoms with Crippen molar-refractivity contribution < 1.29 is 4.42 Å². The zero-order valence-electron chi connectivity index (χ0n) is 33.4. The monoisotopic (exact) mass is 781 g/mol. The van der Waals surface area contributed by atoms with Crippen LogP contribution >= 0.6 is 0 Å². The SMILES string of the molecule is C1=CCC(C2C=CC=C(c3nc(-c4cccc(-c5ccccc5)c4)nc(-c4cc(-c5ccc6c7ccccc7c7ccccc7c6c5)c5c(c4)oc4ccccc45)n3)C2)C=C1. The van der Waals surface area contributed by atoms with Crippen molar-refractivity contribution in [3.63, 3.8) is 0 Å². The van der Waals surface area contributed by atoms with E-state index in [4.69, 9.17) is 19.4 Å². The molecule has 2 aliphatic rings. The summed E-state index contributed by atoms with van der Waals surface area (Å²) in [6.07, 6.45) is 17.5. The van der Waals surface area contributed by atoms with Crippen molar-refractivity contribution in [2.75, 3.05) is 0 Å². The van der Waals surface area contributed by atoms with Gasteiger partial charge in [0.15, 0.2) is 17.5 Å². The molecule has 0 bridgehead atoms. The van der Waals surface area contributed by atoms with Crippen LogP contribution in [0.25, 0.3) is 105 Å². The first-order chi connectivity index (χ1) is 30.2. The summed E-state index contributed by atoms with van der Waals surface area (Å²) in [6.45, 7) is 0. The minimum absolute atomic E-state index is 0.353. The van der Waals surface area contributed by atoms with Gasteiger partial charge in [-0.1, -0.05) is 170 Å². The van der Waals surface area contributed by atoms with E-state index in [0.717, 1.165) is 73.7 Å². The minimum Gasteiger partial charge on any atom is -0.456 e.